The number of nitrogens with one attached hydrogen (secondary N) is 1. The number of carbonyl (C=O) groups excluding carboxylic acids is 1. The van der Waals surface area contributed by atoms with E-state index in [9.17, 15) is 13.2 Å². The van der Waals surface area contributed by atoms with Gasteiger partial charge in [0.1, 0.15) is 0 Å². The van der Waals surface area contributed by atoms with Crippen molar-refractivity contribution in [2.24, 2.45) is 0 Å². The molecule has 7 heteroatoms. The number of hydrogen-bond donors (Lipinski definition) is 1. The quantitative estimate of drug-likeness (QED) is 0.855. The molecule has 1 aliphatic carbocycles. The summed E-state index contributed by atoms with van der Waals surface area (Å²) in [5.41, 5.74) is 0.762. The third kappa shape index (κ3) is 5.38. The van der Waals surface area contributed by atoms with E-state index in [4.69, 9.17) is 0 Å². The van der Waals surface area contributed by atoms with Crippen molar-refractivity contribution in [2.45, 2.75) is 44.7 Å². The Labute approximate surface area is 132 Å². The summed E-state index contributed by atoms with van der Waals surface area (Å²) in [5, 5.41) is 2.95. The van der Waals surface area contributed by atoms with E-state index in [1.54, 1.807) is 24.5 Å². The van der Waals surface area contributed by atoms with E-state index in [1.165, 1.54) is 10.7 Å². The first-order valence-electron chi connectivity index (χ1n) is 7.58. The molecule has 6 nitrogen and oxygen atoms in total. The van der Waals surface area contributed by atoms with E-state index in [2.05, 4.69) is 10.3 Å². The first kappa shape index (κ1) is 16.9. The summed E-state index contributed by atoms with van der Waals surface area (Å²) in [6, 6.07) is 3.73. The summed E-state index contributed by atoms with van der Waals surface area (Å²) in [4.78, 5) is 16.1. The van der Waals surface area contributed by atoms with Gasteiger partial charge < -0.3 is 5.32 Å². The summed E-state index contributed by atoms with van der Waals surface area (Å²) >= 11 is 0. The Morgan fingerprint density at radius 3 is 2.68 bits per heavy atom. The van der Waals surface area contributed by atoms with Gasteiger partial charge in [-0.3, -0.25) is 9.78 Å². The molecule has 22 heavy (non-hydrogen) atoms. The molecule has 0 bridgehead atoms. The van der Waals surface area contributed by atoms with Crippen LogP contribution in [-0.4, -0.2) is 42.5 Å². The van der Waals surface area contributed by atoms with Gasteiger partial charge in [0.05, 0.1) is 12.8 Å². The second-order valence-corrected chi connectivity index (χ2v) is 7.78. The van der Waals surface area contributed by atoms with Crippen LogP contribution in [0.2, 0.25) is 0 Å². The highest BCUT2D eigenvalue weighted by Gasteiger charge is 2.22. The fraction of sp³-hybridized carbons (Fsp3) is 0.600. The first-order valence-corrected chi connectivity index (χ1v) is 9.43. The van der Waals surface area contributed by atoms with Crippen molar-refractivity contribution in [3.63, 3.8) is 0 Å². The molecule has 0 radical (unpaired) electrons. The van der Waals surface area contributed by atoms with Crippen molar-refractivity contribution in [3.05, 3.63) is 30.1 Å². The van der Waals surface area contributed by atoms with E-state index in [1.807, 2.05) is 0 Å². The first-order chi connectivity index (χ1) is 10.4. The van der Waals surface area contributed by atoms with Crippen LogP contribution in [0.1, 0.15) is 37.7 Å². The SMILES string of the molecule is CS(=O)(=O)N(CC(=O)NC1CCCCC1)Cc1cccnc1. The molecule has 0 aliphatic heterocycles. The normalized spacial score (nSPS) is 16.6. The van der Waals surface area contributed by atoms with Gasteiger partial charge in [0.15, 0.2) is 0 Å². The van der Waals surface area contributed by atoms with Crippen LogP contribution in [-0.2, 0) is 21.4 Å². The standard InChI is InChI=1S/C15H23N3O3S/c1-22(20,21)18(11-13-6-5-9-16-10-13)12-15(19)17-14-7-3-2-4-8-14/h5-6,9-10,14H,2-4,7-8,11-12H2,1H3,(H,17,19). The van der Waals surface area contributed by atoms with Crippen molar-refractivity contribution < 1.29 is 13.2 Å². The van der Waals surface area contributed by atoms with E-state index in [0.717, 1.165) is 37.5 Å². The Balaban J connectivity index is 1.96. The molecule has 1 fully saturated rings. The van der Waals surface area contributed by atoms with Crippen molar-refractivity contribution in [1.82, 2.24) is 14.6 Å². The summed E-state index contributed by atoms with van der Waals surface area (Å²) in [6.07, 6.45) is 9.77. The van der Waals surface area contributed by atoms with Crippen LogP contribution in [0.3, 0.4) is 0 Å². The number of aromatic nitrogens is 1. The molecule has 1 saturated carbocycles. The predicted octanol–water partition coefficient (Wildman–Crippen LogP) is 1.29. The maximum absolute atomic E-state index is 12.1. The molecular formula is C15H23N3O3S. The summed E-state index contributed by atoms with van der Waals surface area (Å²) < 4.78 is 25.0. The van der Waals surface area contributed by atoms with Crippen molar-refractivity contribution in [3.8, 4) is 0 Å². The number of hydrogen-bond acceptors (Lipinski definition) is 4. The highest BCUT2D eigenvalue weighted by atomic mass is 32.2. The fourth-order valence-corrected chi connectivity index (χ4v) is 3.40. The second kappa shape index (κ2) is 7.69. The Hall–Kier alpha value is -1.47. The van der Waals surface area contributed by atoms with Crippen LogP contribution in [0.25, 0.3) is 0 Å². The molecule has 1 aromatic heterocycles. The number of pyridine rings is 1. The monoisotopic (exact) mass is 325 g/mol. The Morgan fingerprint density at radius 1 is 1.36 bits per heavy atom. The topological polar surface area (TPSA) is 79.4 Å². The highest BCUT2D eigenvalue weighted by molar-refractivity contribution is 7.88. The van der Waals surface area contributed by atoms with Gasteiger partial charge in [0.2, 0.25) is 15.9 Å². The number of rotatable bonds is 6. The zero-order valence-electron chi connectivity index (χ0n) is 12.9. The lowest BCUT2D eigenvalue weighted by Gasteiger charge is -2.25. The predicted molar refractivity (Wildman–Crippen MR) is 84.5 cm³/mol. The number of sulfonamides is 1. The van der Waals surface area contributed by atoms with E-state index in [0.29, 0.717) is 0 Å². The maximum atomic E-state index is 12.1. The molecule has 1 amide bonds. The molecule has 1 aliphatic rings. The molecule has 2 rings (SSSR count). The summed E-state index contributed by atoms with van der Waals surface area (Å²) in [7, 11) is -3.45. The van der Waals surface area contributed by atoms with Crippen LogP contribution in [0.5, 0.6) is 0 Å². The molecule has 0 saturated heterocycles. The minimum absolute atomic E-state index is 0.149. The van der Waals surface area contributed by atoms with Gasteiger partial charge >= 0.3 is 0 Å². The molecule has 0 spiro atoms. The highest BCUT2D eigenvalue weighted by Crippen LogP contribution is 2.17. The molecule has 0 atom stereocenters. The van der Waals surface area contributed by atoms with Crippen LogP contribution in [0.4, 0.5) is 0 Å². The summed E-state index contributed by atoms with van der Waals surface area (Å²) in [6.45, 7) is 0.00892. The van der Waals surface area contributed by atoms with Crippen molar-refractivity contribution >= 4 is 15.9 Å². The third-order valence-electron chi connectivity index (χ3n) is 3.84. The Bertz CT molecular complexity index is 583. The van der Waals surface area contributed by atoms with Gasteiger partial charge in [-0.1, -0.05) is 25.3 Å². The maximum Gasteiger partial charge on any atom is 0.235 e. The minimum Gasteiger partial charge on any atom is -0.352 e. The number of carbonyl (C=O) groups is 1. The van der Waals surface area contributed by atoms with Crippen molar-refractivity contribution in [2.75, 3.05) is 12.8 Å². The van der Waals surface area contributed by atoms with E-state index < -0.39 is 10.0 Å². The third-order valence-corrected chi connectivity index (χ3v) is 5.04. The van der Waals surface area contributed by atoms with Gasteiger partial charge in [-0.25, -0.2) is 8.42 Å². The van der Waals surface area contributed by atoms with Crippen LogP contribution >= 0.6 is 0 Å². The second-order valence-electron chi connectivity index (χ2n) is 5.79. The minimum atomic E-state index is -3.45. The van der Waals surface area contributed by atoms with Crippen LogP contribution < -0.4 is 5.32 Å². The Kier molecular flexibility index (Phi) is 5.90. The van der Waals surface area contributed by atoms with Gasteiger partial charge in [0.25, 0.3) is 0 Å². The molecule has 1 N–H and O–H groups in total. The lowest BCUT2D eigenvalue weighted by molar-refractivity contribution is -0.122. The number of amides is 1. The zero-order valence-corrected chi connectivity index (χ0v) is 13.7. The molecular weight excluding hydrogens is 302 g/mol. The van der Waals surface area contributed by atoms with Gasteiger partial charge in [-0.2, -0.15) is 4.31 Å². The largest absolute Gasteiger partial charge is 0.352 e. The molecule has 0 aromatic carbocycles. The van der Waals surface area contributed by atoms with E-state index in [-0.39, 0.29) is 25.0 Å². The van der Waals surface area contributed by atoms with Crippen LogP contribution in [0.15, 0.2) is 24.5 Å². The van der Waals surface area contributed by atoms with Gasteiger partial charge in [-0.05, 0) is 24.5 Å². The average Bonchev–Trinajstić information content (AvgIpc) is 2.48. The van der Waals surface area contributed by atoms with Gasteiger partial charge in [0, 0.05) is 25.0 Å². The fourth-order valence-electron chi connectivity index (χ4n) is 2.67. The lowest BCUT2D eigenvalue weighted by atomic mass is 9.95. The number of nitrogens with zero attached hydrogens (tertiary/aromatic N) is 2. The average molecular weight is 325 g/mol. The van der Waals surface area contributed by atoms with Gasteiger partial charge in [-0.15, -0.1) is 0 Å². The molecule has 1 aromatic rings. The zero-order chi connectivity index (χ0) is 16.0. The van der Waals surface area contributed by atoms with Crippen LogP contribution in [0, 0.1) is 0 Å². The lowest BCUT2D eigenvalue weighted by Crippen LogP contribution is -2.44. The smallest absolute Gasteiger partial charge is 0.235 e. The molecule has 1 heterocycles. The molecule has 0 unspecified atom stereocenters. The van der Waals surface area contributed by atoms with Crippen molar-refractivity contribution in [1.29, 1.82) is 0 Å². The van der Waals surface area contributed by atoms with E-state index >= 15 is 0 Å². The summed E-state index contributed by atoms with van der Waals surface area (Å²) in [5.74, 6) is -0.235. The molecule has 122 valence electrons. The Morgan fingerprint density at radius 2 is 2.09 bits per heavy atom.